The number of anilines is 1. The first-order chi connectivity index (χ1) is 10.3. The molecule has 1 rings (SSSR count). The second kappa shape index (κ2) is 8.02. The van der Waals surface area contributed by atoms with Gasteiger partial charge in [0.25, 0.3) is 0 Å². The number of hydrogen-bond acceptors (Lipinski definition) is 5. The van der Waals surface area contributed by atoms with Crippen LogP contribution in [0.2, 0.25) is 0 Å². The first kappa shape index (κ1) is 17.5. The van der Waals surface area contributed by atoms with Crippen LogP contribution in [-0.2, 0) is 14.3 Å². The van der Waals surface area contributed by atoms with Crippen molar-refractivity contribution in [3.8, 4) is 0 Å². The Labute approximate surface area is 128 Å². The van der Waals surface area contributed by atoms with Gasteiger partial charge in [-0.1, -0.05) is 0 Å². The first-order valence-corrected chi connectivity index (χ1v) is 6.90. The van der Waals surface area contributed by atoms with Gasteiger partial charge in [-0.2, -0.15) is 0 Å². The number of aliphatic carboxylic acids is 1. The van der Waals surface area contributed by atoms with Crippen molar-refractivity contribution in [3.05, 3.63) is 29.3 Å². The van der Waals surface area contributed by atoms with E-state index < -0.39 is 23.9 Å². The fraction of sp³-hybridized carbons (Fsp3) is 0.400. The minimum atomic E-state index is -1.07. The first-order valence-electron chi connectivity index (χ1n) is 6.90. The van der Waals surface area contributed by atoms with Crippen molar-refractivity contribution in [2.24, 2.45) is 5.73 Å². The van der Waals surface area contributed by atoms with Crippen molar-refractivity contribution in [1.82, 2.24) is 0 Å². The van der Waals surface area contributed by atoms with E-state index in [1.54, 1.807) is 32.0 Å². The summed E-state index contributed by atoms with van der Waals surface area (Å²) in [4.78, 5) is 33.6. The number of primary amides is 1. The van der Waals surface area contributed by atoms with Gasteiger partial charge in [-0.15, -0.1) is 0 Å². The van der Waals surface area contributed by atoms with Gasteiger partial charge in [-0.25, -0.2) is 9.59 Å². The van der Waals surface area contributed by atoms with Crippen LogP contribution >= 0.6 is 0 Å². The second-order valence-corrected chi connectivity index (χ2v) is 4.79. The number of carbonyl (C=O) groups is 3. The van der Waals surface area contributed by atoms with E-state index >= 15 is 0 Å². The summed E-state index contributed by atoms with van der Waals surface area (Å²) in [5.74, 6) is -2.06. The van der Waals surface area contributed by atoms with E-state index in [1.807, 2.05) is 0 Å². The lowest BCUT2D eigenvalue weighted by Gasteiger charge is -2.17. The third-order valence-corrected chi connectivity index (χ3v) is 3.04. The molecule has 1 aromatic carbocycles. The third-order valence-electron chi connectivity index (χ3n) is 3.04. The minimum Gasteiger partial charge on any atom is -0.480 e. The van der Waals surface area contributed by atoms with Crippen LogP contribution in [0.15, 0.2) is 18.2 Å². The van der Waals surface area contributed by atoms with Crippen LogP contribution in [0.4, 0.5) is 5.69 Å². The van der Waals surface area contributed by atoms with Crippen LogP contribution in [0, 0.1) is 6.92 Å². The molecule has 0 bridgehead atoms. The van der Waals surface area contributed by atoms with Gasteiger partial charge < -0.3 is 20.9 Å². The zero-order valence-corrected chi connectivity index (χ0v) is 12.6. The summed E-state index contributed by atoms with van der Waals surface area (Å²) >= 11 is 0. The van der Waals surface area contributed by atoms with Crippen LogP contribution in [0.3, 0.4) is 0 Å². The lowest BCUT2D eigenvalue weighted by molar-refractivity contribution is -0.138. The normalized spacial score (nSPS) is 11.5. The maximum atomic E-state index is 11.6. The van der Waals surface area contributed by atoms with E-state index in [2.05, 4.69) is 5.32 Å². The van der Waals surface area contributed by atoms with Gasteiger partial charge in [0.15, 0.2) is 0 Å². The number of nitrogens with one attached hydrogen (secondary N) is 1. The van der Waals surface area contributed by atoms with Gasteiger partial charge >= 0.3 is 11.9 Å². The highest BCUT2D eigenvalue weighted by molar-refractivity contribution is 5.90. The molecule has 0 heterocycles. The number of carboxylic acid groups (broad SMARTS) is 1. The molecule has 0 aliphatic carbocycles. The largest absolute Gasteiger partial charge is 0.480 e. The van der Waals surface area contributed by atoms with Crippen LogP contribution in [0.5, 0.6) is 0 Å². The average molecular weight is 308 g/mol. The third kappa shape index (κ3) is 5.08. The smallest absolute Gasteiger partial charge is 0.338 e. The monoisotopic (exact) mass is 308 g/mol. The molecular weight excluding hydrogens is 288 g/mol. The molecule has 0 spiro atoms. The Kier molecular flexibility index (Phi) is 6.37. The van der Waals surface area contributed by atoms with Crippen molar-refractivity contribution in [3.63, 3.8) is 0 Å². The van der Waals surface area contributed by atoms with Gasteiger partial charge in [0, 0.05) is 12.1 Å². The minimum absolute atomic E-state index is 0.0239. The molecule has 0 radical (unpaired) electrons. The Morgan fingerprint density at radius 3 is 2.55 bits per heavy atom. The number of carbonyl (C=O) groups excluding carboxylic acids is 2. The predicted octanol–water partition coefficient (Wildman–Crippen LogP) is 1.30. The highest BCUT2D eigenvalue weighted by Gasteiger charge is 2.19. The molecule has 0 fully saturated rings. The number of hydrogen-bond donors (Lipinski definition) is 3. The fourth-order valence-corrected chi connectivity index (χ4v) is 1.90. The standard InChI is InChI=1S/C15H20N2O5/c1-3-22-15(21)10-4-5-11(9(2)8-10)17-12(14(19)20)6-7-13(16)18/h4-5,8,12,17H,3,6-7H2,1-2H3,(H2,16,18)(H,19,20)/t12-/m0/s1. The number of esters is 1. The maximum absolute atomic E-state index is 11.6. The predicted molar refractivity (Wildman–Crippen MR) is 80.6 cm³/mol. The van der Waals surface area contributed by atoms with E-state index in [1.165, 1.54) is 0 Å². The van der Waals surface area contributed by atoms with Crippen LogP contribution in [0.25, 0.3) is 0 Å². The van der Waals surface area contributed by atoms with Gasteiger partial charge in [-0.3, -0.25) is 4.79 Å². The molecule has 1 amide bonds. The lowest BCUT2D eigenvalue weighted by Crippen LogP contribution is -2.31. The van der Waals surface area contributed by atoms with E-state index in [-0.39, 0.29) is 19.4 Å². The van der Waals surface area contributed by atoms with Crippen molar-refractivity contribution in [2.75, 3.05) is 11.9 Å². The number of rotatable bonds is 8. The number of amides is 1. The number of carboxylic acids is 1. The molecule has 1 aromatic rings. The summed E-state index contributed by atoms with van der Waals surface area (Å²) in [6.07, 6.45) is 0.0632. The summed E-state index contributed by atoms with van der Waals surface area (Å²) in [6.45, 7) is 3.75. The molecule has 1 atom stereocenters. The Morgan fingerprint density at radius 2 is 2.05 bits per heavy atom. The summed E-state index contributed by atoms with van der Waals surface area (Å²) in [7, 11) is 0. The summed E-state index contributed by atoms with van der Waals surface area (Å²) < 4.78 is 4.90. The van der Waals surface area contributed by atoms with Gasteiger partial charge in [-0.05, 0) is 44.0 Å². The SMILES string of the molecule is CCOC(=O)c1ccc(N[C@@H](CCC(N)=O)C(=O)O)c(C)c1. The van der Waals surface area contributed by atoms with E-state index in [0.29, 0.717) is 16.8 Å². The van der Waals surface area contributed by atoms with Gasteiger partial charge in [0.05, 0.1) is 12.2 Å². The van der Waals surface area contributed by atoms with E-state index in [9.17, 15) is 14.4 Å². The highest BCUT2D eigenvalue weighted by atomic mass is 16.5. The molecule has 7 heteroatoms. The Hall–Kier alpha value is -2.57. The number of ether oxygens (including phenoxy) is 1. The van der Waals surface area contributed by atoms with Crippen molar-refractivity contribution >= 4 is 23.5 Å². The number of aryl methyl sites for hydroxylation is 1. The molecule has 0 aliphatic heterocycles. The molecule has 120 valence electrons. The van der Waals surface area contributed by atoms with Crippen LogP contribution in [-0.4, -0.2) is 35.6 Å². The Bertz CT molecular complexity index is 571. The number of nitrogens with two attached hydrogens (primary N) is 1. The van der Waals surface area contributed by atoms with Crippen molar-refractivity contribution < 1.29 is 24.2 Å². The summed E-state index contributed by atoms with van der Waals surface area (Å²) in [5.41, 5.74) is 6.71. The zero-order valence-electron chi connectivity index (χ0n) is 12.6. The fourth-order valence-electron chi connectivity index (χ4n) is 1.90. The van der Waals surface area contributed by atoms with Gasteiger partial charge in [0.1, 0.15) is 6.04 Å². The summed E-state index contributed by atoms with van der Waals surface area (Å²) in [6, 6.07) is 3.86. The Morgan fingerprint density at radius 1 is 1.36 bits per heavy atom. The molecule has 0 unspecified atom stereocenters. The highest BCUT2D eigenvalue weighted by Crippen LogP contribution is 2.19. The maximum Gasteiger partial charge on any atom is 0.338 e. The van der Waals surface area contributed by atoms with Crippen LogP contribution < -0.4 is 11.1 Å². The quantitative estimate of drug-likeness (QED) is 0.623. The molecule has 0 saturated carbocycles. The average Bonchev–Trinajstić information content (AvgIpc) is 2.44. The molecule has 0 aromatic heterocycles. The van der Waals surface area contributed by atoms with Crippen molar-refractivity contribution in [1.29, 1.82) is 0 Å². The van der Waals surface area contributed by atoms with E-state index in [0.717, 1.165) is 0 Å². The lowest BCUT2D eigenvalue weighted by atomic mass is 10.1. The van der Waals surface area contributed by atoms with E-state index in [4.69, 9.17) is 15.6 Å². The second-order valence-electron chi connectivity index (χ2n) is 4.79. The molecule has 7 nitrogen and oxygen atoms in total. The summed E-state index contributed by atoms with van der Waals surface area (Å²) in [5, 5.41) is 12.0. The molecule has 4 N–H and O–H groups in total. The molecule has 0 aliphatic rings. The molecular formula is C15H20N2O5. The number of benzene rings is 1. The van der Waals surface area contributed by atoms with Crippen molar-refractivity contribution in [2.45, 2.75) is 32.7 Å². The van der Waals surface area contributed by atoms with Crippen LogP contribution in [0.1, 0.15) is 35.7 Å². The Balaban J connectivity index is 2.85. The molecule has 0 saturated heterocycles. The zero-order chi connectivity index (χ0) is 16.7. The molecule has 22 heavy (non-hydrogen) atoms. The topological polar surface area (TPSA) is 119 Å². The van der Waals surface area contributed by atoms with Gasteiger partial charge in [0.2, 0.25) is 5.91 Å².